The summed E-state index contributed by atoms with van der Waals surface area (Å²) in [5.74, 6) is -4.78. The van der Waals surface area contributed by atoms with Gasteiger partial charge in [-0.05, 0) is 43.2 Å². The molecule has 0 amide bonds. The van der Waals surface area contributed by atoms with Gasteiger partial charge in [-0.2, -0.15) is 0 Å². The summed E-state index contributed by atoms with van der Waals surface area (Å²) < 4.78 is 39.7. The molecule has 0 aliphatic heterocycles. The highest BCUT2D eigenvalue weighted by Crippen LogP contribution is 2.48. The second kappa shape index (κ2) is 4.34. The molecule has 2 saturated carbocycles. The lowest BCUT2D eigenvalue weighted by Crippen LogP contribution is -2.40. The number of rotatable bonds is 2. The van der Waals surface area contributed by atoms with E-state index in [1.54, 1.807) is 0 Å². The third-order valence-electron chi connectivity index (χ3n) is 4.58. The fourth-order valence-corrected chi connectivity index (χ4v) is 3.62. The highest BCUT2D eigenvalue weighted by Gasteiger charge is 2.49. The monoisotopic (exact) mass is 269 g/mol. The standard InChI is InChI=1S/C14H14F3NO/c15-9-4-3-8(11(16)12(9)17)14(19)10-6-1-2-7(5-6)13(10)18/h3-4,6-7,10,13H,1-2,5,18H2. The number of hydrogen-bond donors (Lipinski definition) is 1. The maximum atomic E-state index is 13.7. The molecule has 1 aromatic carbocycles. The Hall–Kier alpha value is -1.36. The van der Waals surface area contributed by atoms with Crippen molar-refractivity contribution in [1.29, 1.82) is 0 Å². The second-order valence-electron chi connectivity index (χ2n) is 5.52. The number of carbonyl (C=O) groups is 1. The van der Waals surface area contributed by atoms with E-state index in [-0.39, 0.29) is 17.5 Å². The summed E-state index contributed by atoms with van der Waals surface area (Å²) in [5, 5.41) is 0. The highest BCUT2D eigenvalue weighted by molar-refractivity contribution is 5.99. The number of fused-ring (bicyclic) bond motifs is 2. The minimum Gasteiger partial charge on any atom is -0.327 e. The summed E-state index contributed by atoms with van der Waals surface area (Å²) in [6, 6.07) is 1.50. The molecule has 5 heteroatoms. The van der Waals surface area contributed by atoms with Crippen LogP contribution in [0.15, 0.2) is 12.1 Å². The van der Waals surface area contributed by atoms with Crippen molar-refractivity contribution >= 4 is 5.78 Å². The number of nitrogens with two attached hydrogens (primary N) is 1. The first-order chi connectivity index (χ1) is 9.00. The van der Waals surface area contributed by atoms with Crippen LogP contribution >= 0.6 is 0 Å². The van der Waals surface area contributed by atoms with Crippen LogP contribution in [0, 0.1) is 35.2 Å². The third-order valence-corrected chi connectivity index (χ3v) is 4.58. The van der Waals surface area contributed by atoms with E-state index in [9.17, 15) is 18.0 Å². The van der Waals surface area contributed by atoms with Crippen molar-refractivity contribution in [3.63, 3.8) is 0 Å². The molecule has 0 aromatic heterocycles. The van der Waals surface area contributed by atoms with Crippen LogP contribution in [-0.4, -0.2) is 11.8 Å². The van der Waals surface area contributed by atoms with E-state index in [4.69, 9.17) is 5.73 Å². The molecule has 2 fully saturated rings. The molecule has 102 valence electrons. The summed E-state index contributed by atoms with van der Waals surface area (Å²) in [6.07, 6.45) is 2.78. The lowest BCUT2D eigenvalue weighted by molar-refractivity contribution is 0.0850. The van der Waals surface area contributed by atoms with E-state index >= 15 is 0 Å². The Morgan fingerprint density at radius 3 is 2.42 bits per heavy atom. The summed E-state index contributed by atoms with van der Waals surface area (Å²) in [6.45, 7) is 0. The van der Waals surface area contributed by atoms with Crippen molar-refractivity contribution in [3.8, 4) is 0 Å². The normalized spacial score (nSPS) is 32.8. The fourth-order valence-electron chi connectivity index (χ4n) is 3.62. The third kappa shape index (κ3) is 1.79. The summed E-state index contributed by atoms with van der Waals surface area (Å²) in [4.78, 5) is 12.3. The van der Waals surface area contributed by atoms with Gasteiger partial charge in [0.25, 0.3) is 0 Å². The molecule has 2 bridgehead atoms. The summed E-state index contributed by atoms with van der Waals surface area (Å²) >= 11 is 0. The molecule has 2 aliphatic carbocycles. The molecule has 2 N–H and O–H groups in total. The quantitative estimate of drug-likeness (QED) is 0.662. The van der Waals surface area contributed by atoms with E-state index in [0.29, 0.717) is 5.92 Å². The van der Waals surface area contributed by atoms with Gasteiger partial charge in [-0.15, -0.1) is 0 Å². The molecule has 2 aliphatic rings. The number of carbonyl (C=O) groups excluding carboxylic acids is 1. The minimum absolute atomic E-state index is 0.153. The number of benzene rings is 1. The molecular formula is C14H14F3NO. The zero-order valence-electron chi connectivity index (χ0n) is 10.2. The van der Waals surface area contributed by atoms with Crippen LogP contribution in [0.2, 0.25) is 0 Å². The number of ketones is 1. The Morgan fingerprint density at radius 2 is 1.79 bits per heavy atom. The topological polar surface area (TPSA) is 43.1 Å². The van der Waals surface area contributed by atoms with E-state index in [1.165, 1.54) is 0 Å². The molecule has 2 nitrogen and oxygen atoms in total. The van der Waals surface area contributed by atoms with Gasteiger partial charge in [0.15, 0.2) is 23.2 Å². The van der Waals surface area contributed by atoms with Crippen molar-refractivity contribution in [2.45, 2.75) is 25.3 Å². The molecule has 0 heterocycles. The molecule has 0 spiro atoms. The highest BCUT2D eigenvalue weighted by atomic mass is 19.2. The van der Waals surface area contributed by atoms with Gasteiger partial charge in [-0.3, -0.25) is 4.79 Å². The second-order valence-corrected chi connectivity index (χ2v) is 5.52. The van der Waals surface area contributed by atoms with Crippen molar-refractivity contribution in [3.05, 3.63) is 35.1 Å². The van der Waals surface area contributed by atoms with Crippen molar-refractivity contribution in [2.24, 2.45) is 23.5 Å². The summed E-state index contributed by atoms with van der Waals surface area (Å²) in [7, 11) is 0. The minimum atomic E-state index is -1.59. The molecule has 4 unspecified atom stereocenters. The fraction of sp³-hybridized carbons (Fsp3) is 0.500. The smallest absolute Gasteiger partial charge is 0.195 e. The molecule has 1 aromatic rings. The Kier molecular flexibility index (Phi) is 2.89. The van der Waals surface area contributed by atoms with Crippen LogP contribution in [0.3, 0.4) is 0 Å². The first kappa shape index (κ1) is 12.7. The van der Waals surface area contributed by atoms with Gasteiger partial charge in [-0.1, -0.05) is 0 Å². The SMILES string of the molecule is NC1C2CCC(C2)C1C(=O)c1ccc(F)c(F)c1F. The molecule has 0 radical (unpaired) electrons. The molecular weight excluding hydrogens is 255 g/mol. The average molecular weight is 269 g/mol. The Labute approximate surface area is 108 Å². The average Bonchev–Trinajstić information content (AvgIpc) is 2.96. The van der Waals surface area contributed by atoms with Gasteiger partial charge in [0.1, 0.15) is 0 Å². The largest absolute Gasteiger partial charge is 0.327 e. The predicted molar refractivity (Wildman–Crippen MR) is 62.9 cm³/mol. The van der Waals surface area contributed by atoms with Crippen molar-refractivity contribution in [2.75, 3.05) is 0 Å². The van der Waals surface area contributed by atoms with Gasteiger partial charge in [-0.25, -0.2) is 13.2 Å². The van der Waals surface area contributed by atoms with Gasteiger partial charge in [0.05, 0.1) is 5.56 Å². The Morgan fingerprint density at radius 1 is 1.11 bits per heavy atom. The van der Waals surface area contributed by atoms with E-state index in [2.05, 4.69) is 0 Å². The van der Waals surface area contributed by atoms with Gasteiger partial charge in [0.2, 0.25) is 0 Å². The first-order valence-corrected chi connectivity index (χ1v) is 6.44. The number of Topliss-reactive ketones (excluding diaryl/α,β-unsaturated/α-hetero) is 1. The van der Waals surface area contributed by atoms with Crippen molar-refractivity contribution in [1.82, 2.24) is 0 Å². The van der Waals surface area contributed by atoms with Gasteiger partial charge >= 0.3 is 0 Å². The van der Waals surface area contributed by atoms with Gasteiger partial charge in [0, 0.05) is 12.0 Å². The van der Waals surface area contributed by atoms with E-state index in [0.717, 1.165) is 31.4 Å². The van der Waals surface area contributed by atoms with Crippen LogP contribution in [0.4, 0.5) is 13.2 Å². The number of hydrogen-bond acceptors (Lipinski definition) is 2. The Balaban J connectivity index is 1.95. The van der Waals surface area contributed by atoms with Crippen molar-refractivity contribution < 1.29 is 18.0 Å². The molecule has 4 atom stereocenters. The molecule has 0 saturated heterocycles. The zero-order valence-corrected chi connectivity index (χ0v) is 10.2. The van der Waals surface area contributed by atoms with Crippen LogP contribution < -0.4 is 5.73 Å². The van der Waals surface area contributed by atoms with E-state index < -0.39 is 29.2 Å². The van der Waals surface area contributed by atoms with Crippen LogP contribution in [0.25, 0.3) is 0 Å². The zero-order chi connectivity index (χ0) is 13.7. The van der Waals surface area contributed by atoms with Crippen LogP contribution in [0.5, 0.6) is 0 Å². The maximum absolute atomic E-state index is 13.7. The number of halogens is 3. The Bertz CT molecular complexity index is 544. The lowest BCUT2D eigenvalue weighted by atomic mass is 9.80. The van der Waals surface area contributed by atoms with Crippen LogP contribution in [-0.2, 0) is 0 Å². The summed E-state index contributed by atoms with van der Waals surface area (Å²) in [5.41, 5.74) is 5.63. The van der Waals surface area contributed by atoms with E-state index in [1.807, 2.05) is 0 Å². The van der Waals surface area contributed by atoms with Crippen LogP contribution in [0.1, 0.15) is 29.6 Å². The lowest BCUT2D eigenvalue weighted by Gasteiger charge is -2.27. The predicted octanol–water partition coefficient (Wildman–Crippen LogP) is 2.66. The molecule has 3 rings (SSSR count). The van der Waals surface area contributed by atoms with Gasteiger partial charge < -0.3 is 5.73 Å². The molecule has 19 heavy (non-hydrogen) atoms. The first-order valence-electron chi connectivity index (χ1n) is 6.44. The maximum Gasteiger partial charge on any atom is 0.195 e.